The number of aliphatic carboxylic acids is 1. The molecule has 1 N–H and O–H groups in total. The van der Waals surface area contributed by atoms with Gasteiger partial charge in [-0.25, -0.2) is 4.98 Å². The van der Waals surface area contributed by atoms with E-state index in [1.165, 1.54) is 0 Å². The molecule has 1 aliphatic rings. The predicted molar refractivity (Wildman–Crippen MR) is 139 cm³/mol. The number of halogens is 1. The molecule has 0 spiro atoms. The summed E-state index contributed by atoms with van der Waals surface area (Å²) in [6, 6.07) is 17.6. The minimum absolute atomic E-state index is 0.281. The zero-order chi connectivity index (χ0) is 24.6. The van der Waals surface area contributed by atoms with Crippen molar-refractivity contribution >= 4 is 17.6 Å². The van der Waals surface area contributed by atoms with E-state index in [0.717, 1.165) is 60.5 Å². The van der Waals surface area contributed by atoms with E-state index in [2.05, 4.69) is 21.7 Å². The molecule has 5 nitrogen and oxygen atoms in total. The highest BCUT2D eigenvalue weighted by Crippen LogP contribution is 2.22. The summed E-state index contributed by atoms with van der Waals surface area (Å²) in [5.74, 6) is 6.79. The Balaban J connectivity index is 1.27. The molecule has 1 aromatic heterocycles. The normalized spacial score (nSPS) is 14.2. The summed E-state index contributed by atoms with van der Waals surface area (Å²) in [6.07, 6.45) is 3.99. The third-order valence-corrected chi connectivity index (χ3v) is 6.54. The summed E-state index contributed by atoms with van der Waals surface area (Å²) >= 11 is 5.96. The summed E-state index contributed by atoms with van der Waals surface area (Å²) in [5, 5.41) is 9.66. The minimum atomic E-state index is -0.696. The lowest BCUT2D eigenvalue weighted by Gasteiger charge is -2.31. The SMILES string of the molecule is Cc1cc(C#Cc2ccc(-c3ccc(Cl)cc3)cn2)ccc1OCCN1CCC(CC(=O)O)CC1. The van der Waals surface area contributed by atoms with Gasteiger partial charge in [-0.3, -0.25) is 9.69 Å². The van der Waals surface area contributed by atoms with Crippen LogP contribution in [0.4, 0.5) is 0 Å². The summed E-state index contributed by atoms with van der Waals surface area (Å²) < 4.78 is 6.01. The van der Waals surface area contributed by atoms with Crippen LogP contribution >= 0.6 is 11.6 Å². The number of hydrogen-bond acceptors (Lipinski definition) is 4. The van der Waals surface area contributed by atoms with E-state index in [9.17, 15) is 4.79 Å². The number of nitrogens with zero attached hydrogens (tertiary/aromatic N) is 2. The summed E-state index contributed by atoms with van der Waals surface area (Å²) in [4.78, 5) is 17.7. The molecule has 2 heterocycles. The van der Waals surface area contributed by atoms with Crippen molar-refractivity contribution in [3.63, 3.8) is 0 Å². The first-order valence-electron chi connectivity index (χ1n) is 11.9. The van der Waals surface area contributed by atoms with E-state index in [-0.39, 0.29) is 6.42 Å². The summed E-state index contributed by atoms with van der Waals surface area (Å²) in [5.41, 5.74) is 4.76. The number of piperidine rings is 1. The average Bonchev–Trinajstić information content (AvgIpc) is 2.85. The smallest absolute Gasteiger partial charge is 0.303 e. The maximum atomic E-state index is 10.9. The van der Waals surface area contributed by atoms with E-state index in [1.807, 2.05) is 67.7 Å². The van der Waals surface area contributed by atoms with Crippen LogP contribution in [-0.2, 0) is 4.79 Å². The summed E-state index contributed by atoms with van der Waals surface area (Å²) in [7, 11) is 0. The number of hydrogen-bond donors (Lipinski definition) is 1. The second-order valence-electron chi connectivity index (χ2n) is 8.90. The molecule has 0 saturated carbocycles. The predicted octanol–water partition coefficient (Wildman–Crippen LogP) is 5.68. The maximum absolute atomic E-state index is 10.9. The highest BCUT2D eigenvalue weighted by atomic mass is 35.5. The molecule has 2 aromatic carbocycles. The standard InChI is InChI=1S/C29H29ClN2O3/c1-21-18-22(2-9-27-10-6-25(20-31-27)24-4-7-26(30)8-5-24)3-11-28(21)35-17-16-32-14-12-23(13-15-32)19-29(33)34/h3-8,10-11,18,20,23H,12-17,19H2,1H3,(H,33,34). The number of likely N-dealkylation sites (tertiary alicyclic amines) is 1. The van der Waals surface area contributed by atoms with Crippen molar-refractivity contribution in [2.45, 2.75) is 26.2 Å². The van der Waals surface area contributed by atoms with Crippen molar-refractivity contribution in [2.24, 2.45) is 5.92 Å². The third-order valence-electron chi connectivity index (χ3n) is 6.29. The maximum Gasteiger partial charge on any atom is 0.303 e. The Morgan fingerprint density at radius 2 is 1.83 bits per heavy atom. The number of rotatable bonds is 7. The molecular weight excluding hydrogens is 460 g/mol. The third kappa shape index (κ3) is 7.32. The fraction of sp³-hybridized carbons (Fsp3) is 0.310. The first-order valence-corrected chi connectivity index (χ1v) is 12.3. The Morgan fingerprint density at radius 1 is 1.09 bits per heavy atom. The highest BCUT2D eigenvalue weighted by Gasteiger charge is 2.21. The van der Waals surface area contributed by atoms with E-state index in [4.69, 9.17) is 21.4 Å². The molecule has 0 unspecified atom stereocenters. The van der Waals surface area contributed by atoms with E-state index in [1.54, 1.807) is 0 Å². The molecule has 6 heteroatoms. The molecule has 180 valence electrons. The van der Waals surface area contributed by atoms with Gasteiger partial charge in [-0.1, -0.05) is 35.7 Å². The van der Waals surface area contributed by atoms with Crippen LogP contribution in [0.1, 0.15) is 36.1 Å². The van der Waals surface area contributed by atoms with Crippen LogP contribution in [0, 0.1) is 24.7 Å². The quantitative estimate of drug-likeness (QED) is 0.434. The highest BCUT2D eigenvalue weighted by molar-refractivity contribution is 6.30. The van der Waals surface area contributed by atoms with E-state index in [0.29, 0.717) is 23.2 Å². The molecule has 0 amide bonds. The number of aryl methyl sites for hydroxylation is 1. The number of benzene rings is 2. The second kappa shape index (κ2) is 11.9. The van der Waals surface area contributed by atoms with Crippen molar-refractivity contribution in [1.82, 2.24) is 9.88 Å². The summed E-state index contributed by atoms with van der Waals surface area (Å²) in [6.45, 7) is 5.35. The van der Waals surface area contributed by atoms with Gasteiger partial charge in [-0.15, -0.1) is 0 Å². The van der Waals surface area contributed by atoms with Crippen LogP contribution in [0.5, 0.6) is 5.75 Å². The zero-order valence-electron chi connectivity index (χ0n) is 19.8. The molecule has 0 aliphatic carbocycles. The van der Waals surface area contributed by atoms with Gasteiger partial charge in [0.1, 0.15) is 18.1 Å². The number of aromatic nitrogens is 1. The van der Waals surface area contributed by atoms with Gasteiger partial charge in [0.2, 0.25) is 0 Å². The Bertz CT molecular complexity index is 1210. The lowest BCUT2D eigenvalue weighted by Crippen LogP contribution is -2.37. The minimum Gasteiger partial charge on any atom is -0.492 e. The average molecular weight is 489 g/mol. The Labute approximate surface area is 211 Å². The van der Waals surface area contributed by atoms with Gasteiger partial charge in [0, 0.05) is 35.3 Å². The number of carboxylic acids is 1. The lowest BCUT2D eigenvalue weighted by molar-refractivity contribution is -0.138. The topological polar surface area (TPSA) is 62.7 Å². The molecule has 0 bridgehead atoms. The van der Waals surface area contributed by atoms with Gasteiger partial charge in [0.05, 0.1) is 0 Å². The molecule has 3 aromatic rings. The zero-order valence-corrected chi connectivity index (χ0v) is 20.6. The first-order chi connectivity index (χ1) is 17.0. The molecule has 0 radical (unpaired) electrons. The van der Waals surface area contributed by atoms with Gasteiger partial charge >= 0.3 is 5.97 Å². The van der Waals surface area contributed by atoms with Gasteiger partial charge < -0.3 is 9.84 Å². The molecule has 35 heavy (non-hydrogen) atoms. The van der Waals surface area contributed by atoms with Crippen LogP contribution in [-0.4, -0.2) is 47.2 Å². The van der Waals surface area contributed by atoms with Gasteiger partial charge in [0.15, 0.2) is 0 Å². The largest absolute Gasteiger partial charge is 0.492 e. The van der Waals surface area contributed by atoms with Crippen molar-refractivity contribution in [3.05, 3.63) is 82.6 Å². The number of carbonyl (C=O) groups is 1. The first kappa shape index (κ1) is 24.8. The molecule has 4 rings (SSSR count). The molecule has 0 atom stereocenters. The fourth-order valence-electron chi connectivity index (χ4n) is 4.25. The Morgan fingerprint density at radius 3 is 2.49 bits per heavy atom. The van der Waals surface area contributed by atoms with Crippen LogP contribution < -0.4 is 4.74 Å². The number of ether oxygens (including phenoxy) is 1. The molecule has 1 saturated heterocycles. The van der Waals surface area contributed by atoms with E-state index < -0.39 is 5.97 Å². The van der Waals surface area contributed by atoms with Gasteiger partial charge in [-0.2, -0.15) is 0 Å². The van der Waals surface area contributed by atoms with Crippen LogP contribution in [0.3, 0.4) is 0 Å². The van der Waals surface area contributed by atoms with Crippen molar-refractivity contribution in [2.75, 3.05) is 26.2 Å². The second-order valence-corrected chi connectivity index (χ2v) is 9.34. The van der Waals surface area contributed by atoms with Crippen molar-refractivity contribution in [1.29, 1.82) is 0 Å². The van der Waals surface area contributed by atoms with E-state index >= 15 is 0 Å². The van der Waals surface area contributed by atoms with Crippen molar-refractivity contribution in [3.8, 4) is 28.7 Å². The Hall–Kier alpha value is -3.33. The van der Waals surface area contributed by atoms with Crippen LogP contribution in [0.25, 0.3) is 11.1 Å². The molecule has 1 aliphatic heterocycles. The lowest BCUT2D eigenvalue weighted by atomic mass is 9.94. The number of pyridine rings is 1. The number of carboxylic acid groups (broad SMARTS) is 1. The Kier molecular flexibility index (Phi) is 8.41. The van der Waals surface area contributed by atoms with Crippen LogP contribution in [0.2, 0.25) is 5.02 Å². The van der Waals surface area contributed by atoms with Gasteiger partial charge in [-0.05, 0) is 92.2 Å². The fourth-order valence-corrected chi connectivity index (χ4v) is 4.38. The van der Waals surface area contributed by atoms with Crippen molar-refractivity contribution < 1.29 is 14.6 Å². The molecular formula is C29H29ClN2O3. The van der Waals surface area contributed by atoms with Crippen LogP contribution in [0.15, 0.2) is 60.8 Å². The molecule has 1 fully saturated rings. The van der Waals surface area contributed by atoms with Gasteiger partial charge in [0.25, 0.3) is 0 Å². The monoisotopic (exact) mass is 488 g/mol.